The number of ketones is 2. The lowest BCUT2D eigenvalue weighted by Crippen LogP contribution is -2.33. The third-order valence-corrected chi connectivity index (χ3v) is 5.38. The van der Waals surface area contributed by atoms with Gasteiger partial charge in [-0.1, -0.05) is 39.8 Å². The number of carbonyl (C=O) groups is 4. The Labute approximate surface area is 194 Å². The minimum atomic E-state index is -1.15. The van der Waals surface area contributed by atoms with Crippen LogP contribution >= 0.6 is 0 Å². The highest BCUT2D eigenvalue weighted by Crippen LogP contribution is 2.36. The van der Waals surface area contributed by atoms with Crippen molar-refractivity contribution in [1.82, 2.24) is 0 Å². The van der Waals surface area contributed by atoms with Crippen LogP contribution in [0.4, 0.5) is 5.69 Å². The number of hydrogen-bond donors (Lipinski definition) is 3. The van der Waals surface area contributed by atoms with Gasteiger partial charge in [0.25, 0.3) is 0 Å². The molecule has 4 N–H and O–H groups in total. The van der Waals surface area contributed by atoms with E-state index < -0.39 is 18.0 Å². The number of rotatable bonds is 10. The topological polar surface area (TPSA) is 136 Å². The first-order chi connectivity index (χ1) is 15.4. The average molecular weight is 459 g/mol. The van der Waals surface area contributed by atoms with Crippen molar-refractivity contribution >= 4 is 29.2 Å². The number of allylic oxidation sites excluding steroid dienone is 2. The zero-order valence-electron chi connectivity index (χ0n) is 19.8. The van der Waals surface area contributed by atoms with Crippen LogP contribution in [0.25, 0.3) is 0 Å². The van der Waals surface area contributed by atoms with E-state index in [4.69, 9.17) is 15.6 Å². The van der Waals surface area contributed by atoms with Crippen molar-refractivity contribution in [2.75, 3.05) is 5.32 Å². The van der Waals surface area contributed by atoms with Gasteiger partial charge in [0.2, 0.25) is 0 Å². The number of anilines is 1. The molecule has 0 aromatic heterocycles. The van der Waals surface area contributed by atoms with Gasteiger partial charge in [0, 0.05) is 30.6 Å². The van der Waals surface area contributed by atoms with Crippen LogP contribution in [0.5, 0.6) is 0 Å². The summed E-state index contributed by atoms with van der Waals surface area (Å²) in [5.74, 6) is -1.66. The maximum absolute atomic E-state index is 12.8. The van der Waals surface area contributed by atoms with Gasteiger partial charge in [-0.15, -0.1) is 0 Å². The number of carboxylic acid groups (broad SMARTS) is 1. The third-order valence-electron chi connectivity index (χ3n) is 5.38. The van der Waals surface area contributed by atoms with Crippen molar-refractivity contribution in [3.8, 4) is 0 Å². The van der Waals surface area contributed by atoms with Gasteiger partial charge in [-0.05, 0) is 41.9 Å². The highest BCUT2D eigenvalue weighted by atomic mass is 16.5. The molecule has 0 spiro atoms. The Morgan fingerprint density at radius 1 is 1.12 bits per heavy atom. The molecule has 0 bridgehead atoms. The molecule has 0 radical (unpaired) electrons. The van der Waals surface area contributed by atoms with Crippen molar-refractivity contribution in [2.24, 2.45) is 17.1 Å². The average Bonchev–Trinajstić information content (AvgIpc) is 2.69. The summed E-state index contributed by atoms with van der Waals surface area (Å²) < 4.78 is 5.17. The number of esters is 1. The number of aliphatic carboxylic acids is 1. The number of benzene rings is 1. The second-order valence-electron chi connectivity index (χ2n) is 9.78. The molecule has 1 fully saturated rings. The Balaban J connectivity index is 2.05. The SMILES string of the molecule is CC(C)CC(Nc1ccc(COC(=O)CC[C@H](N)C(=O)O)cc1)=C1C(=O)CC(C)(C)CC1=O. The molecule has 1 aliphatic rings. The van der Waals surface area contributed by atoms with E-state index in [1.165, 1.54) is 0 Å². The van der Waals surface area contributed by atoms with Crippen molar-refractivity contribution in [2.45, 2.75) is 72.4 Å². The van der Waals surface area contributed by atoms with Gasteiger partial charge in [-0.25, -0.2) is 0 Å². The summed E-state index contributed by atoms with van der Waals surface area (Å²) in [4.78, 5) is 48.0. The fraction of sp³-hybridized carbons (Fsp3) is 0.520. The van der Waals surface area contributed by atoms with Crippen LogP contribution < -0.4 is 11.1 Å². The Hall–Kier alpha value is -3.00. The summed E-state index contributed by atoms with van der Waals surface area (Å²) >= 11 is 0. The molecule has 0 saturated heterocycles. The fourth-order valence-corrected chi connectivity index (χ4v) is 3.72. The maximum Gasteiger partial charge on any atom is 0.320 e. The van der Waals surface area contributed by atoms with Gasteiger partial charge in [0.05, 0.1) is 5.57 Å². The molecule has 1 atom stereocenters. The van der Waals surface area contributed by atoms with E-state index in [-0.39, 0.29) is 47.9 Å². The van der Waals surface area contributed by atoms with E-state index in [0.717, 1.165) is 11.3 Å². The van der Waals surface area contributed by atoms with Crippen molar-refractivity contribution in [1.29, 1.82) is 0 Å². The zero-order valence-corrected chi connectivity index (χ0v) is 19.8. The number of hydrogen-bond acceptors (Lipinski definition) is 7. The minimum absolute atomic E-state index is 0.0128. The molecule has 1 aromatic rings. The molecular formula is C25H34N2O6. The van der Waals surface area contributed by atoms with Crippen LogP contribution in [0, 0.1) is 11.3 Å². The lowest BCUT2D eigenvalue weighted by atomic mass is 9.73. The summed E-state index contributed by atoms with van der Waals surface area (Å²) in [5.41, 5.74) is 7.46. The molecule has 2 rings (SSSR count). The van der Waals surface area contributed by atoms with E-state index in [1.807, 2.05) is 27.7 Å². The number of ether oxygens (including phenoxy) is 1. The zero-order chi connectivity index (χ0) is 24.8. The molecule has 1 aliphatic carbocycles. The summed E-state index contributed by atoms with van der Waals surface area (Å²) in [6.07, 6.45) is 1.21. The minimum Gasteiger partial charge on any atom is -0.480 e. The van der Waals surface area contributed by atoms with E-state index in [1.54, 1.807) is 24.3 Å². The third kappa shape index (κ3) is 8.13. The Kier molecular flexibility index (Phi) is 8.93. The molecule has 0 heterocycles. The molecule has 33 heavy (non-hydrogen) atoms. The number of nitrogens with one attached hydrogen (secondary N) is 1. The number of nitrogens with two attached hydrogens (primary N) is 1. The molecule has 1 saturated carbocycles. The van der Waals surface area contributed by atoms with Gasteiger partial charge in [-0.2, -0.15) is 0 Å². The first-order valence-electron chi connectivity index (χ1n) is 11.2. The molecule has 180 valence electrons. The van der Waals surface area contributed by atoms with Crippen LogP contribution in [0.1, 0.15) is 65.4 Å². The Morgan fingerprint density at radius 2 is 1.70 bits per heavy atom. The molecular weight excluding hydrogens is 424 g/mol. The van der Waals surface area contributed by atoms with Gasteiger partial charge >= 0.3 is 11.9 Å². The summed E-state index contributed by atoms with van der Waals surface area (Å²) in [6, 6.07) is 6.07. The van der Waals surface area contributed by atoms with Gasteiger partial charge in [-0.3, -0.25) is 19.2 Å². The second kappa shape index (κ2) is 11.2. The Morgan fingerprint density at radius 3 is 2.21 bits per heavy atom. The maximum atomic E-state index is 12.8. The van der Waals surface area contributed by atoms with Crippen molar-refractivity contribution in [3.05, 3.63) is 41.1 Å². The normalized spacial score (nSPS) is 16.5. The van der Waals surface area contributed by atoms with E-state index in [9.17, 15) is 19.2 Å². The van der Waals surface area contributed by atoms with Crippen LogP contribution in [0.3, 0.4) is 0 Å². The largest absolute Gasteiger partial charge is 0.480 e. The molecule has 0 unspecified atom stereocenters. The van der Waals surface area contributed by atoms with Crippen molar-refractivity contribution < 1.29 is 29.0 Å². The van der Waals surface area contributed by atoms with Crippen LogP contribution in [-0.4, -0.2) is 34.7 Å². The quantitative estimate of drug-likeness (QED) is 0.275. The Bertz CT molecular complexity index is 909. The highest BCUT2D eigenvalue weighted by Gasteiger charge is 2.37. The van der Waals surface area contributed by atoms with Crippen LogP contribution in [0.2, 0.25) is 0 Å². The smallest absolute Gasteiger partial charge is 0.320 e. The number of carboxylic acids is 1. The monoisotopic (exact) mass is 458 g/mol. The van der Waals surface area contributed by atoms with Gasteiger partial charge in [0.15, 0.2) is 11.6 Å². The predicted octanol–water partition coefficient (Wildman–Crippen LogP) is 3.59. The van der Waals surface area contributed by atoms with E-state index >= 15 is 0 Å². The number of carbonyl (C=O) groups excluding carboxylic acids is 3. The lowest BCUT2D eigenvalue weighted by molar-refractivity contribution is -0.145. The predicted molar refractivity (Wildman–Crippen MR) is 124 cm³/mol. The van der Waals surface area contributed by atoms with E-state index in [0.29, 0.717) is 25.0 Å². The lowest BCUT2D eigenvalue weighted by Gasteiger charge is -2.30. The van der Waals surface area contributed by atoms with Crippen molar-refractivity contribution in [3.63, 3.8) is 0 Å². The highest BCUT2D eigenvalue weighted by molar-refractivity contribution is 6.23. The standard InChI is InChI=1S/C25H34N2O6/c1-15(2)11-19(23-20(28)12-25(3,4)13-21(23)29)27-17-7-5-16(6-8-17)14-33-22(30)10-9-18(26)24(31)32/h5-8,15,18,27H,9-14,26H2,1-4H3,(H,31,32)/t18-/m0/s1. The fourth-order valence-electron chi connectivity index (χ4n) is 3.72. The van der Waals surface area contributed by atoms with Crippen LogP contribution in [0.15, 0.2) is 35.5 Å². The van der Waals surface area contributed by atoms with E-state index in [2.05, 4.69) is 5.32 Å². The second-order valence-corrected chi connectivity index (χ2v) is 9.78. The number of Topliss-reactive ketones (excluding diaryl/α,β-unsaturated/α-hetero) is 2. The van der Waals surface area contributed by atoms with Crippen LogP contribution in [-0.2, 0) is 30.5 Å². The molecule has 8 nitrogen and oxygen atoms in total. The summed E-state index contributed by atoms with van der Waals surface area (Å²) in [6.45, 7) is 7.98. The summed E-state index contributed by atoms with van der Waals surface area (Å²) in [5, 5.41) is 12.0. The molecule has 1 aromatic carbocycles. The first kappa shape index (κ1) is 26.3. The molecule has 0 aliphatic heterocycles. The first-order valence-corrected chi connectivity index (χ1v) is 11.2. The van der Waals surface area contributed by atoms with Gasteiger partial charge in [0.1, 0.15) is 12.6 Å². The summed E-state index contributed by atoms with van der Waals surface area (Å²) in [7, 11) is 0. The molecule has 8 heteroatoms. The van der Waals surface area contributed by atoms with Gasteiger partial charge < -0.3 is 20.9 Å². The molecule has 0 amide bonds.